The highest BCUT2D eigenvalue weighted by Crippen LogP contribution is 2.22. The standard InChI is InChI=1S/C19H23N/c1-4-6-15-7-9-16(10-8-15)17-11-13-18(14-12-17)19(5-2)20-3/h5,7-14,20H,4,6H2,1-3H3/b19-5-. The van der Waals surface area contributed by atoms with Crippen molar-refractivity contribution in [3.63, 3.8) is 0 Å². The predicted octanol–water partition coefficient (Wildman–Crippen LogP) is 4.89. The van der Waals surface area contributed by atoms with E-state index in [-0.39, 0.29) is 0 Å². The van der Waals surface area contributed by atoms with Crippen molar-refractivity contribution in [2.24, 2.45) is 0 Å². The van der Waals surface area contributed by atoms with Crippen molar-refractivity contribution >= 4 is 5.70 Å². The smallest absolute Gasteiger partial charge is 0.0367 e. The minimum Gasteiger partial charge on any atom is -0.388 e. The summed E-state index contributed by atoms with van der Waals surface area (Å²) in [4.78, 5) is 0. The Labute approximate surface area is 122 Å². The van der Waals surface area contributed by atoms with Crippen LogP contribution in [0.25, 0.3) is 16.8 Å². The highest BCUT2D eigenvalue weighted by molar-refractivity contribution is 5.69. The van der Waals surface area contributed by atoms with Crippen molar-refractivity contribution in [2.45, 2.75) is 26.7 Å². The minimum atomic E-state index is 1.16. The Morgan fingerprint density at radius 2 is 1.50 bits per heavy atom. The van der Waals surface area contributed by atoms with Gasteiger partial charge in [-0.1, -0.05) is 68.0 Å². The lowest BCUT2D eigenvalue weighted by atomic mass is 10.0. The monoisotopic (exact) mass is 265 g/mol. The fraction of sp³-hybridized carbons (Fsp3) is 0.263. The third-order valence-corrected chi connectivity index (χ3v) is 3.58. The summed E-state index contributed by atoms with van der Waals surface area (Å²) in [6.07, 6.45) is 4.45. The molecule has 0 heterocycles. The van der Waals surface area contributed by atoms with Gasteiger partial charge in [0.1, 0.15) is 0 Å². The maximum atomic E-state index is 3.21. The summed E-state index contributed by atoms with van der Waals surface area (Å²) in [6, 6.07) is 17.6. The van der Waals surface area contributed by atoms with E-state index in [1.807, 2.05) is 14.0 Å². The lowest BCUT2D eigenvalue weighted by Gasteiger charge is -2.08. The minimum absolute atomic E-state index is 1.16. The molecule has 0 atom stereocenters. The van der Waals surface area contributed by atoms with Gasteiger partial charge in [0.25, 0.3) is 0 Å². The van der Waals surface area contributed by atoms with Gasteiger partial charge in [-0.25, -0.2) is 0 Å². The summed E-state index contributed by atoms with van der Waals surface area (Å²) in [6.45, 7) is 4.26. The van der Waals surface area contributed by atoms with Gasteiger partial charge in [-0.2, -0.15) is 0 Å². The van der Waals surface area contributed by atoms with E-state index in [1.165, 1.54) is 28.7 Å². The van der Waals surface area contributed by atoms with Gasteiger partial charge in [0, 0.05) is 12.7 Å². The third kappa shape index (κ3) is 3.30. The number of nitrogens with one attached hydrogen (secondary N) is 1. The van der Waals surface area contributed by atoms with Gasteiger partial charge in [-0.3, -0.25) is 0 Å². The molecule has 2 rings (SSSR count). The Kier molecular flexibility index (Phi) is 5.00. The Morgan fingerprint density at radius 3 is 1.95 bits per heavy atom. The van der Waals surface area contributed by atoms with Crippen molar-refractivity contribution in [3.8, 4) is 11.1 Å². The van der Waals surface area contributed by atoms with E-state index in [4.69, 9.17) is 0 Å². The first-order valence-electron chi connectivity index (χ1n) is 7.32. The van der Waals surface area contributed by atoms with Crippen LogP contribution in [0.2, 0.25) is 0 Å². The fourth-order valence-electron chi connectivity index (χ4n) is 2.45. The molecular weight excluding hydrogens is 242 g/mol. The molecule has 0 saturated heterocycles. The van der Waals surface area contributed by atoms with Crippen LogP contribution in [-0.4, -0.2) is 7.05 Å². The molecule has 0 saturated carbocycles. The van der Waals surface area contributed by atoms with E-state index in [0.29, 0.717) is 0 Å². The molecule has 0 amide bonds. The quantitative estimate of drug-likeness (QED) is 0.812. The highest BCUT2D eigenvalue weighted by Gasteiger charge is 2.01. The Bertz CT molecular complexity index is 562. The summed E-state index contributed by atoms with van der Waals surface area (Å²) in [5.74, 6) is 0. The van der Waals surface area contributed by atoms with Gasteiger partial charge >= 0.3 is 0 Å². The van der Waals surface area contributed by atoms with Crippen LogP contribution in [-0.2, 0) is 6.42 Å². The Balaban J connectivity index is 2.21. The van der Waals surface area contributed by atoms with Gasteiger partial charge < -0.3 is 5.32 Å². The van der Waals surface area contributed by atoms with E-state index >= 15 is 0 Å². The number of hydrogen-bond donors (Lipinski definition) is 1. The first-order valence-corrected chi connectivity index (χ1v) is 7.32. The number of benzene rings is 2. The lowest BCUT2D eigenvalue weighted by molar-refractivity contribution is 0.922. The van der Waals surface area contributed by atoms with E-state index < -0.39 is 0 Å². The number of hydrogen-bond acceptors (Lipinski definition) is 1. The van der Waals surface area contributed by atoms with E-state index in [1.54, 1.807) is 0 Å². The zero-order valence-electron chi connectivity index (χ0n) is 12.6. The average molecular weight is 265 g/mol. The van der Waals surface area contributed by atoms with Crippen LogP contribution in [0.4, 0.5) is 0 Å². The van der Waals surface area contributed by atoms with Crippen LogP contribution in [0.15, 0.2) is 54.6 Å². The van der Waals surface area contributed by atoms with Gasteiger partial charge in [-0.05, 0) is 35.6 Å². The second kappa shape index (κ2) is 6.95. The largest absolute Gasteiger partial charge is 0.388 e. The van der Waals surface area contributed by atoms with Crippen LogP contribution in [0.3, 0.4) is 0 Å². The second-order valence-corrected chi connectivity index (χ2v) is 4.98. The number of allylic oxidation sites excluding steroid dienone is 1. The number of rotatable bonds is 5. The zero-order valence-corrected chi connectivity index (χ0v) is 12.6. The fourth-order valence-corrected chi connectivity index (χ4v) is 2.45. The summed E-state index contributed by atoms with van der Waals surface area (Å²) >= 11 is 0. The topological polar surface area (TPSA) is 12.0 Å². The molecule has 2 aromatic rings. The molecule has 0 radical (unpaired) electrons. The molecule has 0 unspecified atom stereocenters. The molecule has 0 aromatic heterocycles. The molecule has 2 aromatic carbocycles. The van der Waals surface area contributed by atoms with Crippen molar-refractivity contribution in [1.82, 2.24) is 5.32 Å². The van der Waals surface area contributed by atoms with Crippen LogP contribution in [0.5, 0.6) is 0 Å². The maximum Gasteiger partial charge on any atom is 0.0367 e. The summed E-state index contributed by atoms with van der Waals surface area (Å²) in [5.41, 5.74) is 6.35. The molecule has 20 heavy (non-hydrogen) atoms. The van der Waals surface area contributed by atoms with Crippen molar-refractivity contribution in [3.05, 3.63) is 65.7 Å². The molecule has 0 aliphatic heterocycles. The summed E-state index contributed by atoms with van der Waals surface area (Å²) in [5, 5.41) is 3.21. The average Bonchev–Trinajstić information content (AvgIpc) is 2.50. The third-order valence-electron chi connectivity index (χ3n) is 3.58. The predicted molar refractivity (Wildman–Crippen MR) is 88.6 cm³/mol. The molecule has 0 spiro atoms. The van der Waals surface area contributed by atoms with Crippen molar-refractivity contribution in [2.75, 3.05) is 7.05 Å². The van der Waals surface area contributed by atoms with Gasteiger partial charge in [0.15, 0.2) is 0 Å². The Hall–Kier alpha value is -2.02. The van der Waals surface area contributed by atoms with Crippen LogP contribution in [0, 0.1) is 0 Å². The molecule has 0 fully saturated rings. The summed E-state index contributed by atoms with van der Waals surface area (Å²) in [7, 11) is 1.95. The molecule has 0 aliphatic rings. The first-order chi connectivity index (χ1) is 9.78. The number of aryl methyl sites for hydroxylation is 1. The van der Waals surface area contributed by atoms with Gasteiger partial charge in [0.05, 0.1) is 0 Å². The van der Waals surface area contributed by atoms with Gasteiger partial charge in [-0.15, -0.1) is 0 Å². The zero-order chi connectivity index (χ0) is 14.4. The maximum absolute atomic E-state index is 3.21. The molecule has 1 nitrogen and oxygen atoms in total. The van der Waals surface area contributed by atoms with Crippen molar-refractivity contribution in [1.29, 1.82) is 0 Å². The SMILES string of the molecule is C/C=C(\NC)c1ccc(-c2ccc(CCC)cc2)cc1. The van der Waals surface area contributed by atoms with E-state index in [0.717, 1.165) is 12.1 Å². The summed E-state index contributed by atoms with van der Waals surface area (Å²) < 4.78 is 0. The molecule has 0 bridgehead atoms. The molecular formula is C19H23N. The molecule has 0 aliphatic carbocycles. The lowest BCUT2D eigenvalue weighted by Crippen LogP contribution is -2.03. The van der Waals surface area contributed by atoms with E-state index in [9.17, 15) is 0 Å². The van der Waals surface area contributed by atoms with E-state index in [2.05, 4.69) is 66.8 Å². The van der Waals surface area contributed by atoms with Gasteiger partial charge in [0.2, 0.25) is 0 Å². The second-order valence-electron chi connectivity index (χ2n) is 4.98. The van der Waals surface area contributed by atoms with Crippen LogP contribution in [0.1, 0.15) is 31.4 Å². The first kappa shape index (κ1) is 14.4. The molecule has 1 heteroatoms. The normalized spacial score (nSPS) is 11.4. The Morgan fingerprint density at radius 1 is 0.950 bits per heavy atom. The molecule has 1 N–H and O–H groups in total. The van der Waals surface area contributed by atoms with Crippen LogP contribution < -0.4 is 5.32 Å². The van der Waals surface area contributed by atoms with Crippen molar-refractivity contribution < 1.29 is 0 Å². The molecule has 104 valence electrons. The highest BCUT2D eigenvalue weighted by atomic mass is 14.8. The van der Waals surface area contributed by atoms with Crippen LogP contribution >= 0.6 is 0 Å².